The van der Waals surface area contributed by atoms with E-state index in [2.05, 4.69) is 9.97 Å². The summed E-state index contributed by atoms with van der Waals surface area (Å²) in [6.07, 6.45) is 6.09. The molecule has 0 N–H and O–H groups in total. The third kappa shape index (κ3) is 1.48. The minimum Gasteiger partial charge on any atom is -0.348 e. The van der Waals surface area contributed by atoms with Crippen LogP contribution in [0.2, 0.25) is 5.15 Å². The van der Waals surface area contributed by atoms with Crippen molar-refractivity contribution in [1.29, 1.82) is 0 Å². The minimum absolute atomic E-state index is 0.205. The van der Waals surface area contributed by atoms with Crippen molar-refractivity contribution < 1.29 is 4.79 Å². The Morgan fingerprint density at radius 3 is 2.71 bits per heavy atom. The third-order valence-corrected chi connectivity index (χ3v) is 2.35. The van der Waals surface area contributed by atoms with Gasteiger partial charge in [-0.15, -0.1) is 0 Å². The molecule has 0 fully saturated rings. The number of anilines is 1. The monoisotopic (exact) mass is 209 g/mol. The molecular formula is C9H8ClN3O. The summed E-state index contributed by atoms with van der Waals surface area (Å²) in [6, 6.07) is 0. The third-order valence-electron chi connectivity index (χ3n) is 2.05. The molecule has 2 rings (SSSR count). The van der Waals surface area contributed by atoms with Crippen LogP contribution in [0, 0.1) is 0 Å². The second-order valence-electron chi connectivity index (χ2n) is 2.90. The highest BCUT2D eigenvalue weighted by molar-refractivity contribution is 6.32. The first-order valence-electron chi connectivity index (χ1n) is 4.18. The van der Waals surface area contributed by atoms with Crippen LogP contribution in [0.3, 0.4) is 0 Å². The highest BCUT2D eigenvalue weighted by atomic mass is 35.5. The summed E-state index contributed by atoms with van der Waals surface area (Å²) in [4.78, 5) is 20.6. The van der Waals surface area contributed by atoms with Gasteiger partial charge in [0.15, 0.2) is 6.29 Å². The standard InChI is InChI=1S/C9H8ClN3O/c10-8-7(5-14)9(12-6-11-8)13-3-1-2-4-13/h1-2,5-6H,3-4H2. The molecule has 0 saturated heterocycles. The Labute approximate surface area is 86.2 Å². The second-order valence-corrected chi connectivity index (χ2v) is 3.25. The summed E-state index contributed by atoms with van der Waals surface area (Å²) in [5.74, 6) is 0.602. The zero-order chi connectivity index (χ0) is 9.97. The Hall–Kier alpha value is -1.42. The molecule has 0 aliphatic carbocycles. The van der Waals surface area contributed by atoms with Gasteiger partial charge in [0.1, 0.15) is 17.3 Å². The lowest BCUT2D eigenvalue weighted by atomic mass is 10.3. The number of hydrogen-bond donors (Lipinski definition) is 0. The summed E-state index contributed by atoms with van der Waals surface area (Å²) in [6.45, 7) is 1.52. The smallest absolute Gasteiger partial charge is 0.156 e. The van der Waals surface area contributed by atoms with Crippen LogP contribution in [-0.2, 0) is 0 Å². The zero-order valence-corrected chi connectivity index (χ0v) is 8.11. The van der Waals surface area contributed by atoms with E-state index in [1.165, 1.54) is 6.33 Å². The van der Waals surface area contributed by atoms with Crippen LogP contribution in [0.4, 0.5) is 5.82 Å². The highest BCUT2D eigenvalue weighted by Gasteiger charge is 2.16. The lowest BCUT2D eigenvalue weighted by Crippen LogP contribution is -2.21. The van der Waals surface area contributed by atoms with E-state index in [0.717, 1.165) is 13.1 Å². The fourth-order valence-electron chi connectivity index (χ4n) is 1.37. The first-order chi connectivity index (χ1) is 6.83. The van der Waals surface area contributed by atoms with Crippen LogP contribution in [0.1, 0.15) is 10.4 Å². The molecule has 0 atom stereocenters. The average molecular weight is 210 g/mol. The molecule has 72 valence electrons. The average Bonchev–Trinajstić information content (AvgIpc) is 2.70. The van der Waals surface area contributed by atoms with E-state index in [4.69, 9.17) is 11.6 Å². The van der Waals surface area contributed by atoms with Crippen molar-refractivity contribution in [3.8, 4) is 0 Å². The largest absolute Gasteiger partial charge is 0.348 e. The number of aromatic nitrogens is 2. The molecule has 0 saturated carbocycles. The molecule has 4 nitrogen and oxygen atoms in total. The number of rotatable bonds is 2. The maximum atomic E-state index is 10.8. The zero-order valence-electron chi connectivity index (χ0n) is 7.35. The Balaban J connectivity index is 2.41. The fourth-order valence-corrected chi connectivity index (χ4v) is 1.54. The van der Waals surface area contributed by atoms with Gasteiger partial charge >= 0.3 is 0 Å². The number of nitrogens with zero attached hydrogens (tertiary/aromatic N) is 3. The van der Waals surface area contributed by atoms with Crippen LogP contribution < -0.4 is 4.90 Å². The predicted octanol–water partition coefficient (Wildman–Crippen LogP) is 1.32. The summed E-state index contributed by atoms with van der Waals surface area (Å²) >= 11 is 5.78. The van der Waals surface area contributed by atoms with Crippen LogP contribution in [0.15, 0.2) is 18.5 Å². The molecule has 1 aromatic heterocycles. The van der Waals surface area contributed by atoms with Gasteiger partial charge in [-0.05, 0) is 0 Å². The van der Waals surface area contributed by atoms with Crippen LogP contribution in [-0.4, -0.2) is 29.3 Å². The normalized spacial score (nSPS) is 14.8. The molecule has 0 aromatic carbocycles. The maximum Gasteiger partial charge on any atom is 0.156 e. The van der Waals surface area contributed by atoms with E-state index in [1.807, 2.05) is 17.1 Å². The first-order valence-corrected chi connectivity index (χ1v) is 4.56. The van der Waals surface area contributed by atoms with Crippen molar-refractivity contribution in [3.05, 3.63) is 29.2 Å². The van der Waals surface area contributed by atoms with Crippen molar-refractivity contribution in [3.63, 3.8) is 0 Å². The van der Waals surface area contributed by atoms with E-state index >= 15 is 0 Å². The predicted molar refractivity (Wildman–Crippen MR) is 53.8 cm³/mol. The summed E-state index contributed by atoms with van der Waals surface area (Å²) in [7, 11) is 0. The molecule has 5 heteroatoms. The SMILES string of the molecule is O=Cc1c(Cl)ncnc1N1CC=CC1. The number of hydrogen-bond acceptors (Lipinski definition) is 4. The van der Waals surface area contributed by atoms with Gasteiger partial charge in [0.2, 0.25) is 0 Å². The van der Waals surface area contributed by atoms with Crippen molar-refractivity contribution in [1.82, 2.24) is 9.97 Å². The molecule has 0 bridgehead atoms. The van der Waals surface area contributed by atoms with Gasteiger partial charge in [-0.25, -0.2) is 9.97 Å². The fraction of sp³-hybridized carbons (Fsp3) is 0.222. The Morgan fingerprint density at radius 2 is 2.07 bits per heavy atom. The molecule has 0 amide bonds. The highest BCUT2D eigenvalue weighted by Crippen LogP contribution is 2.22. The molecular weight excluding hydrogens is 202 g/mol. The van der Waals surface area contributed by atoms with Crippen LogP contribution in [0.5, 0.6) is 0 Å². The summed E-state index contributed by atoms with van der Waals surface area (Å²) in [5.41, 5.74) is 0.359. The van der Waals surface area contributed by atoms with Gasteiger partial charge in [-0.3, -0.25) is 4.79 Å². The van der Waals surface area contributed by atoms with Crippen molar-refractivity contribution in [2.24, 2.45) is 0 Å². The van der Waals surface area contributed by atoms with Crippen molar-refractivity contribution in [2.45, 2.75) is 0 Å². The molecule has 14 heavy (non-hydrogen) atoms. The molecule has 0 unspecified atom stereocenters. The molecule has 2 heterocycles. The summed E-state index contributed by atoms with van der Waals surface area (Å²) < 4.78 is 0. The topological polar surface area (TPSA) is 46.1 Å². The van der Waals surface area contributed by atoms with E-state index in [9.17, 15) is 4.79 Å². The van der Waals surface area contributed by atoms with E-state index in [-0.39, 0.29) is 5.15 Å². The molecule has 0 spiro atoms. The van der Waals surface area contributed by atoms with Crippen molar-refractivity contribution >= 4 is 23.7 Å². The van der Waals surface area contributed by atoms with Gasteiger partial charge in [-0.2, -0.15) is 0 Å². The molecule has 1 aliphatic heterocycles. The van der Waals surface area contributed by atoms with Gasteiger partial charge in [0.25, 0.3) is 0 Å². The van der Waals surface area contributed by atoms with E-state index < -0.39 is 0 Å². The Morgan fingerprint density at radius 1 is 1.36 bits per heavy atom. The maximum absolute atomic E-state index is 10.8. The first kappa shape index (κ1) is 9.15. The molecule has 0 radical (unpaired) electrons. The Bertz CT molecular complexity index is 384. The van der Waals surface area contributed by atoms with E-state index in [1.54, 1.807) is 0 Å². The quantitative estimate of drug-likeness (QED) is 0.419. The van der Waals surface area contributed by atoms with Gasteiger partial charge in [0.05, 0.1) is 5.56 Å². The van der Waals surface area contributed by atoms with Gasteiger partial charge in [0, 0.05) is 13.1 Å². The molecule has 1 aromatic rings. The van der Waals surface area contributed by atoms with Gasteiger partial charge < -0.3 is 4.90 Å². The van der Waals surface area contributed by atoms with Crippen LogP contribution >= 0.6 is 11.6 Å². The second kappa shape index (κ2) is 3.75. The van der Waals surface area contributed by atoms with E-state index in [0.29, 0.717) is 17.7 Å². The van der Waals surface area contributed by atoms with Gasteiger partial charge in [-0.1, -0.05) is 23.8 Å². The van der Waals surface area contributed by atoms with Crippen molar-refractivity contribution in [2.75, 3.05) is 18.0 Å². The number of aldehydes is 1. The lowest BCUT2D eigenvalue weighted by molar-refractivity contribution is 0.112. The number of carbonyl (C=O) groups is 1. The molecule has 1 aliphatic rings. The number of carbonyl (C=O) groups excluding carboxylic acids is 1. The minimum atomic E-state index is 0.205. The lowest BCUT2D eigenvalue weighted by Gasteiger charge is -2.17. The summed E-state index contributed by atoms with van der Waals surface area (Å²) in [5, 5.41) is 0.205. The van der Waals surface area contributed by atoms with Crippen LogP contribution in [0.25, 0.3) is 0 Å². The number of halogens is 1. The Kier molecular flexibility index (Phi) is 2.45.